The number of ether oxygens (including phenoxy) is 1. The monoisotopic (exact) mass is 257 g/mol. The lowest BCUT2D eigenvalue weighted by molar-refractivity contribution is -0.111. The number of carbonyl (C=O) groups excluding carboxylic acids is 3. The predicted octanol–water partition coefficient (Wildman–Crippen LogP) is 0.00760. The molecule has 1 aliphatic rings. The molecule has 0 saturated carbocycles. The van der Waals surface area contributed by atoms with Crippen LogP contribution in [0.4, 0.5) is 9.59 Å². The van der Waals surface area contributed by atoms with Gasteiger partial charge in [0.15, 0.2) is 0 Å². The van der Waals surface area contributed by atoms with Gasteiger partial charge in [0.05, 0.1) is 12.0 Å². The molecule has 0 spiro atoms. The van der Waals surface area contributed by atoms with Crippen LogP contribution in [0.15, 0.2) is 0 Å². The van der Waals surface area contributed by atoms with E-state index < -0.39 is 23.7 Å². The molecule has 7 nitrogen and oxygen atoms in total. The van der Waals surface area contributed by atoms with Crippen LogP contribution in [-0.2, 0) is 9.53 Å². The van der Waals surface area contributed by atoms with Crippen LogP contribution in [0.2, 0.25) is 0 Å². The Morgan fingerprint density at radius 3 is 2.56 bits per heavy atom. The zero-order valence-electron chi connectivity index (χ0n) is 10.8. The van der Waals surface area contributed by atoms with Crippen LogP contribution in [-0.4, -0.2) is 43.1 Å². The standard InChI is InChI=1S/C11H19N3O4/c1-11(2,3)18-10(17)14-8-5-13-9(16)12-4-7(8)6-15/h6-8H,4-5H2,1-3H3,(H,14,17)(H2,12,13,16)/t7-,8+/m0/s1. The van der Waals surface area contributed by atoms with Gasteiger partial charge in [0, 0.05) is 13.1 Å². The number of aldehydes is 1. The Hall–Kier alpha value is -1.79. The van der Waals surface area contributed by atoms with Crippen LogP contribution in [0.3, 0.4) is 0 Å². The highest BCUT2D eigenvalue weighted by Crippen LogP contribution is 2.08. The molecule has 7 heteroatoms. The van der Waals surface area contributed by atoms with Gasteiger partial charge in [-0.1, -0.05) is 0 Å². The van der Waals surface area contributed by atoms with E-state index in [2.05, 4.69) is 16.0 Å². The minimum atomic E-state index is -0.604. The first-order valence-electron chi connectivity index (χ1n) is 5.78. The molecule has 3 amide bonds. The fraction of sp³-hybridized carbons (Fsp3) is 0.727. The Morgan fingerprint density at radius 1 is 1.39 bits per heavy atom. The van der Waals surface area contributed by atoms with Crippen LogP contribution < -0.4 is 16.0 Å². The maximum atomic E-state index is 11.6. The van der Waals surface area contributed by atoms with E-state index >= 15 is 0 Å². The second-order valence-electron chi connectivity index (χ2n) is 5.14. The van der Waals surface area contributed by atoms with Crippen LogP contribution in [0, 0.1) is 5.92 Å². The van der Waals surface area contributed by atoms with E-state index in [1.54, 1.807) is 20.8 Å². The van der Waals surface area contributed by atoms with E-state index in [1.165, 1.54) is 0 Å². The zero-order chi connectivity index (χ0) is 13.8. The summed E-state index contributed by atoms with van der Waals surface area (Å²) in [6.07, 6.45) is 0.116. The fourth-order valence-electron chi connectivity index (χ4n) is 1.53. The number of urea groups is 1. The van der Waals surface area contributed by atoms with Gasteiger partial charge in [-0.3, -0.25) is 0 Å². The highest BCUT2D eigenvalue weighted by molar-refractivity contribution is 5.76. The van der Waals surface area contributed by atoms with Crippen molar-refractivity contribution >= 4 is 18.4 Å². The van der Waals surface area contributed by atoms with Gasteiger partial charge in [-0.25, -0.2) is 9.59 Å². The number of hydrogen-bond acceptors (Lipinski definition) is 4. The van der Waals surface area contributed by atoms with Gasteiger partial charge in [-0.05, 0) is 20.8 Å². The maximum Gasteiger partial charge on any atom is 0.407 e. The Kier molecular flexibility index (Phi) is 4.52. The smallest absolute Gasteiger partial charge is 0.407 e. The summed E-state index contributed by atoms with van der Waals surface area (Å²) in [5.74, 6) is -0.475. The lowest BCUT2D eigenvalue weighted by Gasteiger charge is -2.24. The molecule has 3 N–H and O–H groups in total. The van der Waals surface area contributed by atoms with Gasteiger partial charge in [0.1, 0.15) is 11.9 Å². The van der Waals surface area contributed by atoms with E-state index in [-0.39, 0.29) is 19.1 Å². The third-order valence-corrected chi connectivity index (χ3v) is 2.37. The second-order valence-corrected chi connectivity index (χ2v) is 5.14. The molecule has 0 radical (unpaired) electrons. The van der Waals surface area contributed by atoms with Crippen molar-refractivity contribution in [3.63, 3.8) is 0 Å². The van der Waals surface area contributed by atoms with Crippen molar-refractivity contribution in [2.45, 2.75) is 32.4 Å². The van der Waals surface area contributed by atoms with Gasteiger partial charge < -0.3 is 25.5 Å². The summed E-state index contributed by atoms with van der Waals surface area (Å²) in [4.78, 5) is 33.6. The van der Waals surface area contributed by atoms with E-state index in [1.807, 2.05) is 0 Å². The van der Waals surface area contributed by atoms with Crippen molar-refractivity contribution in [3.05, 3.63) is 0 Å². The summed E-state index contributed by atoms with van der Waals surface area (Å²) in [5, 5.41) is 7.66. The first-order chi connectivity index (χ1) is 8.31. The number of hydrogen-bond donors (Lipinski definition) is 3. The minimum absolute atomic E-state index is 0.189. The van der Waals surface area contributed by atoms with E-state index in [0.717, 1.165) is 6.29 Å². The van der Waals surface area contributed by atoms with Crippen molar-refractivity contribution in [2.75, 3.05) is 13.1 Å². The SMILES string of the molecule is CC(C)(C)OC(=O)N[C@@H]1CNC(=O)NC[C@H]1C=O. The summed E-state index contributed by atoms with van der Waals surface area (Å²) < 4.78 is 5.10. The lowest BCUT2D eigenvalue weighted by atomic mass is 10.0. The Balaban J connectivity index is 2.59. The molecule has 0 aromatic rings. The molecule has 1 aliphatic heterocycles. The molecule has 1 fully saturated rings. The molecule has 0 aliphatic carbocycles. The van der Waals surface area contributed by atoms with E-state index in [0.29, 0.717) is 0 Å². The molecule has 0 bridgehead atoms. The van der Waals surface area contributed by atoms with Gasteiger partial charge >= 0.3 is 12.1 Å². The van der Waals surface area contributed by atoms with Crippen LogP contribution in [0.1, 0.15) is 20.8 Å². The van der Waals surface area contributed by atoms with Crippen molar-refractivity contribution in [1.29, 1.82) is 0 Å². The first-order valence-corrected chi connectivity index (χ1v) is 5.78. The molecular formula is C11H19N3O4. The molecule has 0 aromatic carbocycles. The summed E-state index contributed by atoms with van der Waals surface area (Å²) in [7, 11) is 0. The van der Waals surface area contributed by atoms with Gasteiger partial charge in [0.25, 0.3) is 0 Å². The topological polar surface area (TPSA) is 96.5 Å². The largest absolute Gasteiger partial charge is 0.444 e. The van der Waals surface area contributed by atoms with Gasteiger partial charge in [-0.15, -0.1) is 0 Å². The lowest BCUT2D eigenvalue weighted by Crippen LogP contribution is -2.48. The van der Waals surface area contributed by atoms with Crippen molar-refractivity contribution in [3.8, 4) is 0 Å². The molecule has 0 unspecified atom stereocenters. The molecule has 102 valence electrons. The Morgan fingerprint density at radius 2 is 2.00 bits per heavy atom. The van der Waals surface area contributed by atoms with Crippen LogP contribution in [0.5, 0.6) is 0 Å². The van der Waals surface area contributed by atoms with Crippen molar-refractivity contribution in [2.24, 2.45) is 5.92 Å². The molecule has 1 saturated heterocycles. The van der Waals surface area contributed by atoms with Crippen molar-refractivity contribution in [1.82, 2.24) is 16.0 Å². The third kappa shape index (κ3) is 4.60. The predicted molar refractivity (Wildman–Crippen MR) is 64.1 cm³/mol. The highest BCUT2D eigenvalue weighted by atomic mass is 16.6. The van der Waals surface area contributed by atoms with Crippen LogP contribution in [0.25, 0.3) is 0 Å². The number of alkyl carbamates (subject to hydrolysis) is 1. The molecular weight excluding hydrogens is 238 g/mol. The third-order valence-electron chi connectivity index (χ3n) is 2.37. The van der Waals surface area contributed by atoms with E-state index in [4.69, 9.17) is 4.74 Å². The van der Waals surface area contributed by atoms with Crippen molar-refractivity contribution < 1.29 is 19.1 Å². The minimum Gasteiger partial charge on any atom is -0.444 e. The summed E-state index contributed by atoms with van der Waals surface area (Å²) in [6.45, 7) is 5.63. The van der Waals surface area contributed by atoms with E-state index in [9.17, 15) is 14.4 Å². The zero-order valence-corrected chi connectivity index (χ0v) is 10.8. The van der Waals surface area contributed by atoms with Gasteiger partial charge in [-0.2, -0.15) is 0 Å². The molecule has 1 heterocycles. The first kappa shape index (κ1) is 14.3. The molecule has 18 heavy (non-hydrogen) atoms. The normalized spacial score (nSPS) is 24.3. The van der Waals surface area contributed by atoms with Crippen LogP contribution >= 0.6 is 0 Å². The second kappa shape index (κ2) is 5.70. The highest BCUT2D eigenvalue weighted by Gasteiger charge is 2.28. The summed E-state index contributed by atoms with van der Waals surface area (Å²) in [6, 6.07) is -0.827. The average Bonchev–Trinajstić information content (AvgIpc) is 2.39. The number of rotatable bonds is 2. The molecule has 2 atom stereocenters. The molecule has 0 aromatic heterocycles. The average molecular weight is 257 g/mol. The number of carbonyl (C=O) groups is 3. The fourth-order valence-corrected chi connectivity index (χ4v) is 1.53. The Labute approximate surface area is 106 Å². The summed E-state index contributed by atoms with van der Waals surface area (Å²) >= 11 is 0. The maximum absolute atomic E-state index is 11.6. The molecule has 1 rings (SSSR count). The summed E-state index contributed by atoms with van der Waals surface area (Å²) in [5.41, 5.74) is -0.604. The Bertz CT molecular complexity index is 338. The quantitative estimate of drug-likeness (QED) is 0.607. The van der Waals surface area contributed by atoms with Gasteiger partial charge in [0.2, 0.25) is 0 Å². The number of amides is 3. The number of nitrogens with one attached hydrogen (secondary N) is 3.